The fraction of sp³-hybridized carbons (Fsp3) is 0.105. The number of ether oxygens (including phenoxy) is 2. The number of rotatable bonds is 2. The van der Waals surface area contributed by atoms with Gasteiger partial charge in [0.1, 0.15) is 10.7 Å². The Morgan fingerprint density at radius 3 is 2.00 bits per heavy atom. The molecule has 4 aromatic heterocycles. The van der Waals surface area contributed by atoms with E-state index in [-0.39, 0.29) is 26.5 Å². The summed E-state index contributed by atoms with van der Waals surface area (Å²) in [7, 11) is 2.97. The number of aromatic nitrogens is 5. The van der Waals surface area contributed by atoms with Crippen LogP contribution in [0.15, 0.2) is 30.7 Å². The lowest BCUT2D eigenvalue weighted by Crippen LogP contribution is -1.97. The molecule has 0 spiro atoms. The maximum Gasteiger partial charge on any atom is 0.224 e. The van der Waals surface area contributed by atoms with Crippen LogP contribution in [0.2, 0.25) is 25.9 Å². The third-order valence-electron chi connectivity index (χ3n) is 3.71. The number of aromatic hydroxyl groups is 1. The van der Waals surface area contributed by atoms with Crippen molar-refractivity contribution in [2.24, 2.45) is 0 Å². The standard InChI is InChI=1S/C8H4Cl3N3O.C6H6ClIN2O.C5H4ClNO/c1-15-5-4-3(2-12-7(5)10)6(9)14-8(11)13-4;1-11-5-4(9)3(8)2-10-6(5)7;6-5-4(8)2-1-3-7-5/h2H,1H3;2H,1H3,(H2,9,10);1-3,8H. The first kappa shape index (κ1) is 28.4. The molecule has 34 heavy (non-hydrogen) atoms. The number of hydrogen-bond acceptors (Lipinski definition) is 9. The van der Waals surface area contributed by atoms with Crippen LogP contribution in [0, 0.1) is 3.57 Å². The van der Waals surface area contributed by atoms with Gasteiger partial charge >= 0.3 is 0 Å². The zero-order valence-electron chi connectivity index (χ0n) is 17.2. The normalized spacial score (nSPS) is 10.0. The molecule has 4 aromatic rings. The second kappa shape index (κ2) is 13.3. The minimum Gasteiger partial charge on any atom is -0.505 e. The van der Waals surface area contributed by atoms with Crippen molar-refractivity contribution >= 4 is 97.2 Å². The molecule has 0 radical (unpaired) electrons. The highest BCUT2D eigenvalue weighted by Crippen LogP contribution is 2.33. The monoisotopic (exact) mass is 676 g/mol. The van der Waals surface area contributed by atoms with Gasteiger partial charge in [0, 0.05) is 18.6 Å². The van der Waals surface area contributed by atoms with Gasteiger partial charge in [0.05, 0.1) is 28.9 Å². The lowest BCUT2D eigenvalue weighted by molar-refractivity contribution is 0.415. The predicted molar refractivity (Wildman–Crippen MR) is 143 cm³/mol. The number of hydrogen-bond donors (Lipinski definition) is 2. The smallest absolute Gasteiger partial charge is 0.224 e. The van der Waals surface area contributed by atoms with Gasteiger partial charge in [-0.1, -0.05) is 46.4 Å². The number of nitrogen functional groups attached to an aromatic ring is 1. The highest BCUT2D eigenvalue weighted by atomic mass is 127. The average molecular weight is 679 g/mol. The summed E-state index contributed by atoms with van der Waals surface area (Å²) in [5.74, 6) is 0.799. The summed E-state index contributed by atoms with van der Waals surface area (Å²) >= 11 is 30.5. The summed E-state index contributed by atoms with van der Waals surface area (Å²) in [6.45, 7) is 0. The minimum absolute atomic E-state index is 0.0224. The Hall–Kier alpha value is -1.83. The molecule has 0 aliphatic carbocycles. The molecule has 180 valence electrons. The maximum absolute atomic E-state index is 8.72. The molecule has 0 amide bonds. The van der Waals surface area contributed by atoms with Crippen molar-refractivity contribution in [3.05, 3.63) is 60.2 Å². The van der Waals surface area contributed by atoms with E-state index in [0.29, 0.717) is 33.2 Å². The van der Waals surface area contributed by atoms with Gasteiger partial charge in [0.25, 0.3) is 0 Å². The van der Waals surface area contributed by atoms with Crippen molar-refractivity contribution in [3.63, 3.8) is 0 Å². The molecular weight excluding hydrogens is 664 g/mol. The number of pyridine rings is 3. The van der Waals surface area contributed by atoms with Crippen LogP contribution in [0.3, 0.4) is 0 Å². The summed E-state index contributed by atoms with van der Waals surface area (Å²) < 4.78 is 10.8. The van der Waals surface area contributed by atoms with E-state index in [0.717, 1.165) is 3.57 Å². The van der Waals surface area contributed by atoms with E-state index in [9.17, 15) is 0 Å². The zero-order valence-corrected chi connectivity index (χ0v) is 23.2. The fourth-order valence-corrected chi connectivity index (χ4v) is 3.57. The van der Waals surface area contributed by atoms with Crippen molar-refractivity contribution < 1.29 is 14.6 Å². The fourth-order valence-electron chi connectivity index (χ4n) is 2.20. The molecule has 0 aromatic carbocycles. The number of nitrogens with zero attached hydrogens (tertiary/aromatic N) is 5. The largest absolute Gasteiger partial charge is 0.505 e. The van der Waals surface area contributed by atoms with Gasteiger partial charge in [-0.2, -0.15) is 0 Å². The van der Waals surface area contributed by atoms with Gasteiger partial charge < -0.3 is 20.3 Å². The molecule has 15 heteroatoms. The van der Waals surface area contributed by atoms with Gasteiger partial charge in [-0.25, -0.2) is 24.9 Å². The molecule has 0 atom stereocenters. The topological polar surface area (TPSA) is 129 Å². The van der Waals surface area contributed by atoms with Crippen LogP contribution in [-0.2, 0) is 0 Å². The van der Waals surface area contributed by atoms with E-state index in [2.05, 4.69) is 47.5 Å². The molecule has 0 saturated heterocycles. The van der Waals surface area contributed by atoms with E-state index < -0.39 is 0 Å². The Kier molecular flexibility index (Phi) is 11.1. The minimum atomic E-state index is 0.0224. The highest BCUT2D eigenvalue weighted by Gasteiger charge is 2.13. The van der Waals surface area contributed by atoms with Gasteiger partial charge in [0.15, 0.2) is 32.7 Å². The molecule has 9 nitrogen and oxygen atoms in total. The second-order valence-corrected chi connectivity index (χ2v) is 8.72. The lowest BCUT2D eigenvalue weighted by Gasteiger charge is -2.06. The molecule has 0 aliphatic heterocycles. The summed E-state index contributed by atoms with van der Waals surface area (Å²) in [6.07, 6.45) is 4.58. The maximum atomic E-state index is 8.72. The molecule has 0 aliphatic rings. The number of fused-ring (bicyclic) bond motifs is 1. The van der Waals surface area contributed by atoms with Gasteiger partial charge in [-0.15, -0.1) is 0 Å². The molecule has 0 unspecified atom stereocenters. The number of halogens is 6. The molecule has 3 N–H and O–H groups in total. The van der Waals surface area contributed by atoms with Crippen molar-refractivity contribution in [1.82, 2.24) is 24.9 Å². The van der Waals surface area contributed by atoms with Crippen molar-refractivity contribution in [3.8, 4) is 17.2 Å². The van der Waals surface area contributed by atoms with Gasteiger partial charge in [-0.3, -0.25) is 0 Å². The first-order chi connectivity index (χ1) is 16.1. The predicted octanol–water partition coefficient (Wildman–Crippen LogP) is 6.36. The third-order valence-corrected chi connectivity index (χ3v) is 5.86. The highest BCUT2D eigenvalue weighted by molar-refractivity contribution is 14.1. The Morgan fingerprint density at radius 2 is 1.47 bits per heavy atom. The zero-order chi connectivity index (χ0) is 25.4. The van der Waals surface area contributed by atoms with Crippen LogP contribution in [0.4, 0.5) is 5.69 Å². The molecule has 0 bridgehead atoms. The van der Waals surface area contributed by atoms with E-state index in [4.69, 9.17) is 78.3 Å². The number of anilines is 1. The number of methoxy groups -OCH3 is 2. The van der Waals surface area contributed by atoms with Crippen LogP contribution in [-0.4, -0.2) is 44.2 Å². The van der Waals surface area contributed by atoms with Crippen molar-refractivity contribution in [2.45, 2.75) is 0 Å². The summed E-state index contributed by atoms with van der Waals surface area (Å²) in [4.78, 5) is 19.1. The van der Waals surface area contributed by atoms with Crippen LogP contribution in [0.1, 0.15) is 0 Å². The molecular formula is C19H14Cl5IN6O3. The SMILES string of the molecule is COc1c(Cl)ncc(I)c1N.COc1c(Cl)ncc2c(Cl)nc(Cl)nc12.Oc1cccnc1Cl. The Balaban J connectivity index is 0.000000190. The van der Waals surface area contributed by atoms with Crippen LogP contribution < -0.4 is 15.2 Å². The van der Waals surface area contributed by atoms with Crippen LogP contribution >= 0.6 is 80.6 Å². The first-order valence-electron chi connectivity index (χ1n) is 8.74. The summed E-state index contributed by atoms with van der Waals surface area (Å²) in [5.41, 5.74) is 6.62. The van der Waals surface area contributed by atoms with E-state index in [1.165, 1.54) is 32.7 Å². The van der Waals surface area contributed by atoms with E-state index in [1.807, 2.05) is 0 Å². The third kappa shape index (κ3) is 7.33. The Labute approximate surface area is 232 Å². The number of nitrogens with two attached hydrogens (primary N) is 1. The summed E-state index contributed by atoms with van der Waals surface area (Å²) in [5, 5.41) is 10.2. The van der Waals surface area contributed by atoms with E-state index in [1.54, 1.807) is 12.3 Å². The molecule has 4 rings (SSSR count). The molecule has 0 saturated carbocycles. The lowest BCUT2D eigenvalue weighted by atomic mass is 10.3. The first-order valence-corrected chi connectivity index (χ1v) is 11.7. The average Bonchev–Trinajstić information content (AvgIpc) is 2.79. The van der Waals surface area contributed by atoms with Crippen molar-refractivity contribution in [2.75, 3.05) is 20.0 Å². The van der Waals surface area contributed by atoms with Gasteiger partial charge in [0.2, 0.25) is 5.28 Å². The summed E-state index contributed by atoms with van der Waals surface area (Å²) in [6, 6.07) is 3.09. The van der Waals surface area contributed by atoms with Crippen LogP contribution in [0.25, 0.3) is 10.9 Å². The van der Waals surface area contributed by atoms with E-state index >= 15 is 0 Å². The Morgan fingerprint density at radius 1 is 0.853 bits per heavy atom. The van der Waals surface area contributed by atoms with Gasteiger partial charge in [-0.05, 0) is 46.3 Å². The molecule has 0 fully saturated rings. The Bertz CT molecular complexity index is 1280. The quantitative estimate of drug-likeness (QED) is 0.108. The second-order valence-electron chi connectivity index (χ2n) is 5.79. The molecule has 4 heterocycles. The van der Waals surface area contributed by atoms with Crippen molar-refractivity contribution in [1.29, 1.82) is 0 Å². The van der Waals surface area contributed by atoms with Crippen LogP contribution in [0.5, 0.6) is 17.2 Å².